The highest BCUT2D eigenvalue weighted by molar-refractivity contribution is 7.92. The van der Waals surface area contributed by atoms with Gasteiger partial charge >= 0.3 is 7.12 Å². The SMILES string of the molecule is Nc1ccc(S(=O)(=O)Nc2ccc3c(c2)B(O)OC3)c(Cc2ncco2)c1. The first-order valence-electron chi connectivity index (χ1n) is 8.14. The minimum atomic E-state index is -3.90. The van der Waals surface area contributed by atoms with Gasteiger partial charge in [-0.1, -0.05) is 6.07 Å². The third kappa shape index (κ3) is 3.54. The van der Waals surface area contributed by atoms with Gasteiger partial charge in [-0.25, -0.2) is 13.4 Å². The van der Waals surface area contributed by atoms with Gasteiger partial charge in [0.15, 0.2) is 5.89 Å². The molecule has 3 aromatic rings. The Morgan fingerprint density at radius 2 is 2.11 bits per heavy atom. The topological polar surface area (TPSA) is 128 Å². The van der Waals surface area contributed by atoms with Gasteiger partial charge in [-0.15, -0.1) is 0 Å². The monoisotopic (exact) mass is 385 g/mol. The molecule has 0 saturated heterocycles. The van der Waals surface area contributed by atoms with Crippen molar-refractivity contribution in [3.8, 4) is 0 Å². The van der Waals surface area contributed by atoms with E-state index in [4.69, 9.17) is 14.8 Å². The van der Waals surface area contributed by atoms with Crippen molar-refractivity contribution in [2.75, 3.05) is 10.5 Å². The van der Waals surface area contributed by atoms with Crippen molar-refractivity contribution in [1.82, 2.24) is 4.98 Å². The van der Waals surface area contributed by atoms with Crippen LogP contribution in [0.25, 0.3) is 0 Å². The fourth-order valence-corrected chi connectivity index (χ4v) is 4.26. The second-order valence-electron chi connectivity index (χ2n) is 6.15. The Bertz CT molecular complexity index is 1090. The summed E-state index contributed by atoms with van der Waals surface area (Å²) < 4.78 is 38.8. The molecule has 0 amide bonds. The minimum absolute atomic E-state index is 0.0761. The van der Waals surface area contributed by atoms with E-state index in [0.29, 0.717) is 34.9 Å². The number of rotatable bonds is 5. The van der Waals surface area contributed by atoms with Gasteiger partial charge < -0.3 is 19.8 Å². The van der Waals surface area contributed by atoms with E-state index in [9.17, 15) is 13.4 Å². The van der Waals surface area contributed by atoms with Crippen LogP contribution in [0, 0.1) is 0 Å². The summed E-state index contributed by atoms with van der Waals surface area (Å²) in [5, 5.41) is 9.81. The van der Waals surface area contributed by atoms with Gasteiger partial charge in [-0.05, 0) is 46.9 Å². The number of oxazole rings is 1. The van der Waals surface area contributed by atoms with Crippen molar-refractivity contribution < 1.29 is 22.5 Å². The van der Waals surface area contributed by atoms with E-state index in [1.165, 1.54) is 24.6 Å². The Labute approximate surface area is 156 Å². The van der Waals surface area contributed by atoms with Gasteiger partial charge in [0.05, 0.1) is 24.1 Å². The normalized spacial score (nSPS) is 13.6. The zero-order valence-electron chi connectivity index (χ0n) is 14.1. The van der Waals surface area contributed by atoms with Gasteiger partial charge in [0.2, 0.25) is 0 Å². The molecule has 0 spiro atoms. The molecule has 0 unspecified atom stereocenters. The number of aromatic nitrogens is 1. The average molecular weight is 385 g/mol. The molecule has 2 aromatic carbocycles. The first-order valence-corrected chi connectivity index (χ1v) is 9.63. The molecule has 1 aromatic heterocycles. The molecular weight excluding hydrogens is 369 g/mol. The lowest BCUT2D eigenvalue weighted by atomic mass is 9.79. The molecule has 4 N–H and O–H groups in total. The Kier molecular flexibility index (Phi) is 4.38. The van der Waals surface area contributed by atoms with Gasteiger partial charge in [-0.3, -0.25) is 4.72 Å². The molecule has 0 radical (unpaired) electrons. The highest BCUT2D eigenvalue weighted by Gasteiger charge is 2.28. The number of nitrogens with zero attached hydrogens (tertiary/aromatic N) is 1. The smallest absolute Gasteiger partial charge is 0.449 e. The fraction of sp³-hybridized carbons (Fsp3) is 0.118. The maximum Gasteiger partial charge on any atom is 0.491 e. The number of hydrogen-bond acceptors (Lipinski definition) is 7. The standard InChI is InChI=1S/C17H16BN3O5S/c19-13-2-4-16(12(7-13)8-17-20-5-6-25-17)27(23,24)21-14-3-1-11-10-26-18(22)15(11)9-14/h1-7,9,21-22H,8,10,19H2. The number of sulfonamides is 1. The second-order valence-corrected chi connectivity index (χ2v) is 7.80. The van der Waals surface area contributed by atoms with Crippen molar-refractivity contribution in [2.24, 2.45) is 0 Å². The third-order valence-electron chi connectivity index (χ3n) is 4.26. The van der Waals surface area contributed by atoms with Crippen LogP contribution in [0.5, 0.6) is 0 Å². The van der Waals surface area contributed by atoms with Gasteiger partial charge in [-0.2, -0.15) is 0 Å². The van der Waals surface area contributed by atoms with Gasteiger partial charge in [0.1, 0.15) is 6.26 Å². The first kappa shape index (κ1) is 17.6. The summed E-state index contributed by atoms with van der Waals surface area (Å²) in [6.45, 7) is 0.293. The molecule has 4 rings (SSSR count). The Morgan fingerprint density at radius 3 is 2.89 bits per heavy atom. The summed E-state index contributed by atoms with van der Waals surface area (Å²) in [5.41, 5.74) is 8.43. The van der Waals surface area contributed by atoms with Crippen LogP contribution in [-0.2, 0) is 27.7 Å². The molecule has 0 aliphatic carbocycles. The average Bonchev–Trinajstić information content (AvgIpc) is 3.25. The molecule has 0 fully saturated rings. The molecule has 8 nitrogen and oxygen atoms in total. The summed E-state index contributed by atoms with van der Waals surface area (Å²) in [4.78, 5) is 4.11. The van der Waals surface area contributed by atoms with E-state index in [0.717, 1.165) is 5.56 Å². The molecule has 27 heavy (non-hydrogen) atoms. The van der Waals surface area contributed by atoms with E-state index >= 15 is 0 Å². The molecule has 2 heterocycles. The van der Waals surface area contributed by atoms with Crippen molar-refractivity contribution in [3.63, 3.8) is 0 Å². The Balaban J connectivity index is 1.67. The molecule has 1 aliphatic heterocycles. The van der Waals surface area contributed by atoms with Crippen LogP contribution in [0.3, 0.4) is 0 Å². The van der Waals surface area contributed by atoms with Crippen LogP contribution in [-0.4, -0.2) is 25.5 Å². The quantitative estimate of drug-likeness (QED) is 0.439. The first-order chi connectivity index (χ1) is 12.9. The predicted molar refractivity (Wildman–Crippen MR) is 99.8 cm³/mol. The Hall–Kier alpha value is -2.82. The van der Waals surface area contributed by atoms with Crippen LogP contribution in [0.2, 0.25) is 0 Å². The van der Waals surface area contributed by atoms with Crippen molar-refractivity contribution >= 4 is 34.0 Å². The zero-order chi connectivity index (χ0) is 19.0. The fourth-order valence-electron chi connectivity index (χ4n) is 2.99. The summed E-state index contributed by atoms with van der Waals surface area (Å²) in [6.07, 6.45) is 3.10. The van der Waals surface area contributed by atoms with Crippen LogP contribution in [0.15, 0.2) is 58.2 Å². The van der Waals surface area contributed by atoms with E-state index in [2.05, 4.69) is 9.71 Å². The lowest BCUT2D eigenvalue weighted by molar-refractivity contribution is 0.275. The van der Waals surface area contributed by atoms with E-state index < -0.39 is 17.1 Å². The van der Waals surface area contributed by atoms with Crippen LogP contribution >= 0.6 is 0 Å². The van der Waals surface area contributed by atoms with Gasteiger partial charge in [0.25, 0.3) is 10.0 Å². The van der Waals surface area contributed by atoms with Crippen molar-refractivity contribution in [2.45, 2.75) is 17.9 Å². The number of hydrogen-bond donors (Lipinski definition) is 3. The third-order valence-corrected chi connectivity index (χ3v) is 5.74. The van der Waals surface area contributed by atoms with E-state index in [-0.39, 0.29) is 11.3 Å². The highest BCUT2D eigenvalue weighted by atomic mass is 32.2. The number of fused-ring (bicyclic) bond motifs is 1. The molecule has 138 valence electrons. The lowest BCUT2D eigenvalue weighted by Crippen LogP contribution is -2.28. The van der Waals surface area contributed by atoms with Crippen LogP contribution in [0.1, 0.15) is 17.0 Å². The maximum absolute atomic E-state index is 12.9. The maximum atomic E-state index is 12.9. The summed E-state index contributed by atoms with van der Waals surface area (Å²) in [5.74, 6) is 0.384. The van der Waals surface area contributed by atoms with Crippen LogP contribution in [0.4, 0.5) is 11.4 Å². The number of anilines is 2. The van der Waals surface area contributed by atoms with E-state index in [1.807, 2.05) is 0 Å². The largest absolute Gasteiger partial charge is 0.491 e. The predicted octanol–water partition coefficient (Wildman–Crippen LogP) is 0.866. The van der Waals surface area contributed by atoms with Crippen molar-refractivity contribution in [3.05, 3.63) is 65.9 Å². The summed E-state index contributed by atoms with van der Waals surface area (Å²) in [6, 6.07) is 9.47. The second kappa shape index (κ2) is 6.73. The molecule has 10 heteroatoms. The molecule has 1 aliphatic rings. The number of nitrogens with one attached hydrogen (secondary N) is 1. The molecule has 0 bridgehead atoms. The van der Waals surface area contributed by atoms with Crippen molar-refractivity contribution in [1.29, 1.82) is 0 Å². The lowest BCUT2D eigenvalue weighted by Gasteiger charge is -2.13. The molecule has 0 saturated carbocycles. The van der Waals surface area contributed by atoms with Gasteiger partial charge in [0, 0.05) is 11.4 Å². The van der Waals surface area contributed by atoms with E-state index in [1.54, 1.807) is 24.3 Å². The zero-order valence-corrected chi connectivity index (χ0v) is 14.9. The van der Waals surface area contributed by atoms with Crippen LogP contribution < -0.4 is 15.9 Å². The number of nitrogen functional groups attached to an aromatic ring is 1. The minimum Gasteiger partial charge on any atom is -0.449 e. The number of benzene rings is 2. The summed E-state index contributed by atoms with van der Waals surface area (Å²) in [7, 11) is -4.95. The Morgan fingerprint density at radius 1 is 1.26 bits per heavy atom. The molecule has 0 atom stereocenters. The summed E-state index contributed by atoms with van der Waals surface area (Å²) >= 11 is 0. The number of nitrogens with two attached hydrogens (primary N) is 1. The molecular formula is C17H16BN3O5S. The highest BCUT2D eigenvalue weighted by Crippen LogP contribution is 2.24.